The van der Waals surface area contributed by atoms with Crippen LogP contribution in [-0.4, -0.2) is 38.2 Å². The van der Waals surface area contributed by atoms with Crippen LogP contribution in [0.25, 0.3) is 0 Å². The lowest BCUT2D eigenvalue weighted by atomic mass is 10.3. The third-order valence-electron chi connectivity index (χ3n) is 1.98. The molecule has 0 saturated carbocycles. The summed E-state index contributed by atoms with van der Waals surface area (Å²) in [4.78, 5) is 0. The minimum Gasteiger partial charge on any atom is -0.634 e. The van der Waals surface area contributed by atoms with Crippen LogP contribution in [0, 0.1) is 0 Å². The summed E-state index contributed by atoms with van der Waals surface area (Å²) in [7, 11) is 1.96. The number of rotatable bonds is 0. The molecular formula is C8H12B2N4O4-2. The average molecular weight is 250 g/mol. The van der Waals surface area contributed by atoms with E-state index in [-0.39, 0.29) is 0 Å². The van der Waals surface area contributed by atoms with E-state index in [1.807, 2.05) is 0 Å². The molecule has 0 aromatic heterocycles. The maximum atomic E-state index is 4.76. The first-order chi connectivity index (χ1) is 8.61. The Balaban J connectivity index is 2.72. The fourth-order valence-electron chi connectivity index (χ4n) is 0.705. The van der Waals surface area contributed by atoms with Crippen molar-refractivity contribution in [2.75, 3.05) is 0 Å². The number of hydrogen-bond acceptors (Lipinski definition) is 8. The molecule has 10 heteroatoms. The van der Waals surface area contributed by atoms with Crippen LogP contribution in [0.15, 0.2) is 20.6 Å². The van der Waals surface area contributed by atoms with Crippen LogP contribution in [0.4, 0.5) is 0 Å². The van der Waals surface area contributed by atoms with Gasteiger partial charge in [0.2, 0.25) is 15.4 Å². The average Bonchev–Trinajstić information content (AvgIpc) is 2.35. The van der Waals surface area contributed by atoms with E-state index in [4.69, 9.17) is 19.0 Å². The third-order valence-corrected chi connectivity index (χ3v) is 1.98. The Labute approximate surface area is 106 Å². The lowest BCUT2D eigenvalue weighted by Crippen LogP contribution is -2.13. The van der Waals surface area contributed by atoms with E-state index in [9.17, 15) is 0 Å². The van der Waals surface area contributed by atoms with Gasteiger partial charge in [0.05, 0.1) is 22.8 Å². The van der Waals surface area contributed by atoms with Gasteiger partial charge in [-0.05, 0) is 27.7 Å². The van der Waals surface area contributed by atoms with Gasteiger partial charge < -0.3 is 19.0 Å². The standard InChI is InChI=1S/C8H12B2N4O4/c1-5-6(2)12-16-10-18-14-8(4)7(3)13-17-9-15-11-5/h1-4H3/q-2/b11-5-,12-6+,13-7+,14-8-. The third kappa shape index (κ3) is 4.89. The number of hydrogen-bond donors (Lipinski definition) is 0. The van der Waals surface area contributed by atoms with Crippen molar-refractivity contribution in [1.29, 1.82) is 0 Å². The Morgan fingerprint density at radius 1 is 0.556 bits per heavy atom. The molecule has 0 atom stereocenters. The SMILES string of the molecule is CC1=N/O[B-]O/N=C(C)/C(C)=N\O[B-]O\N=C\1C. The number of nitrogens with zero attached hydrogens (tertiary/aromatic N) is 4. The largest absolute Gasteiger partial charge is 0.634 e. The molecule has 18 heavy (non-hydrogen) atoms. The van der Waals surface area contributed by atoms with Crippen LogP contribution >= 0.6 is 0 Å². The Morgan fingerprint density at radius 2 is 0.778 bits per heavy atom. The fourth-order valence-corrected chi connectivity index (χ4v) is 0.705. The van der Waals surface area contributed by atoms with Crippen LogP contribution in [0.1, 0.15) is 27.7 Å². The summed E-state index contributed by atoms with van der Waals surface area (Å²) in [5.74, 6) is 0. The van der Waals surface area contributed by atoms with Crippen molar-refractivity contribution in [2.24, 2.45) is 20.6 Å². The summed E-state index contributed by atoms with van der Waals surface area (Å²) in [6.07, 6.45) is 0. The van der Waals surface area contributed by atoms with Gasteiger partial charge in [-0.1, -0.05) is 0 Å². The molecule has 0 bridgehead atoms. The lowest BCUT2D eigenvalue weighted by molar-refractivity contribution is 0.234. The van der Waals surface area contributed by atoms with Crippen LogP contribution in [-0.2, 0) is 19.0 Å². The maximum absolute atomic E-state index is 4.76. The molecule has 0 aliphatic carbocycles. The van der Waals surface area contributed by atoms with E-state index in [0.29, 0.717) is 22.8 Å². The van der Waals surface area contributed by atoms with Crippen molar-refractivity contribution >= 4 is 38.2 Å². The van der Waals surface area contributed by atoms with Crippen molar-refractivity contribution < 1.29 is 19.0 Å². The highest BCUT2D eigenvalue weighted by atomic mass is 16.7. The molecule has 0 spiro atoms. The first-order valence-corrected chi connectivity index (χ1v) is 5.07. The lowest BCUT2D eigenvalue weighted by Gasteiger charge is -2.18. The molecule has 0 amide bonds. The van der Waals surface area contributed by atoms with Crippen molar-refractivity contribution in [3.63, 3.8) is 0 Å². The maximum Gasteiger partial charge on any atom is 0.219 e. The first-order valence-electron chi connectivity index (χ1n) is 5.07. The zero-order valence-electron chi connectivity index (χ0n) is 10.6. The molecular weight excluding hydrogens is 238 g/mol. The van der Waals surface area contributed by atoms with E-state index >= 15 is 0 Å². The zero-order valence-corrected chi connectivity index (χ0v) is 10.6. The highest BCUT2D eigenvalue weighted by Gasteiger charge is 1.97. The molecule has 8 nitrogen and oxygen atoms in total. The minimum absolute atomic E-state index is 0.515. The second-order valence-electron chi connectivity index (χ2n) is 3.32. The Kier molecular flexibility index (Phi) is 5.75. The van der Waals surface area contributed by atoms with Crippen LogP contribution in [0.3, 0.4) is 0 Å². The second kappa shape index (κ2) is 7.36. The van der Waals surface area contributed by atoms with E-state index in [2.05, 4.69) is 20.6 Å². The highest BCUT2D eigenvalue weighted by Crippen LogP contribution is 1.92. The molecule has 1 rings (SSSR count). The Bertz CT molecular complexity index is 334. The van der Waals surface area contributed by atoms with E-state index < -0.39 is 0 Å². The van der Waals surface area contributed by atoms with Gasteiger partial charge in [0.25, 0.3) is 0 Å². The molecule has 1 heterocycles. The van der Waals surface area contributed by atoms with Crippen molar-refractivity contribution in [3.8, 4) is 0 Å². The fraction of sp³-hybridized carbons (Fsp3) is 0.500. The quantitative estimate of drug-likeness (QED) is 0.590. The minimum atomic E-state index is 0.515. The molecule has 1 aliphatic heterocycles. The van der Waals surface area contributed by atoms with E-state index in [0.717, 1.165) is 15.4 Å². The van der Waals surface area contributed by atoms with E-state index in [1.54, 1.807) is 27.7 Å². The molecule has 0 unspecified atom stereocenters. The summed E-state index contributed by atoms with van der Waals surface area (Å²) in [6.45, 7) is 6.78. The van der Waals surface area contributed by atoms with E-state index in [1.165, 1.54) is 0 Å². The molecule has 0 saturated heterocycles. The van der Waals surface area contributed by atoms with Crippen LogP contribution in [0.2, 0.25) is 0 Å². The summed E-state index contributed by atoms with van der Waals surface area (Å²) < 4.78 is 19.0. The van der Waals surface area contributed by atoms with Gasteiger partial charge in [0.15, 0.2) is 0 Å². The normalized spacial score (nSPS) is 30.0. The predicted octanol–water partition coefficient (Wildman–Crippen LogP) is 0.638. The van der Waals surface area contributed by atoms with Crippen LogP contribution in [0.5, 0.6) is 0 Å². The van der Waals surface area contributed by atoms with Gasteiger partial charge in [-0.25, -0.2) is 0 Å². The van der Waals surface area contributed by atoms with Gasteiger partial charge in [0.1, 0.15) is 0 Å². The molecule has 0 aromatic carbocycles. The summed E-state index contributed by atoms with van der Waals surface area (Å²) in [5.41, 5.74) is 2.06. The molecule has 4 radical (unpaired) electrons. The summed E-state index contributed by atoms with van der Waals surface area (Å²) >= 11 is 0. The monoisotopic (exact) mass is 250 g/mol. The van der Waals surface area contributed by atoms with Gasteiger partial charge in [-0.3, -0.25) is 0 Å². The summed E-state index contributed by atoms with van der Waals surface area (Å²) in [5, 5.41) is 14.8. The smallest absolute Gasteiger partial charge is 0.219 e. The molecule has 96 valence electrons. The molecule has 1 aliphatic rings. The topological polar surface area (TPSA) is 86.4 Å². The van der Waals surface area contributed by atoms with Crippen LogP contribution < -0.4 is 0 Å². The van der Waals surface area contributed by atoms with Gasteiger partial charge in [0, 0.05) is 0 Å². The van der Waals surface area contributed by atoms with Gasteiger partial charge >= 0.3 is 0 Å². The molecule has 0 aromatic rings. The Hall–Kier alpha value is -1.99. The summed E-state index contributed by atoms with van der Waals surface area (Å²) in [6, 6.07) is 0. The predicted molar refractivity (Wildman–Crippen MR) is 68.3 cm³/mol. The Morgan fingerprint density at radius 3 is 1.00 bits per heavy atom. The van der Waals surface area contributed by atoms with Gasteiger partial charge in [-0.2, -0.15) is 0 Å². The molecule has 0 N–H and O–H groups in total. The molecule has 0 fully saturated rings. The van der Waals surface area contributed by atoms with Crippen molar-refractivity contribution in [2.45, 2.75) is 27.7 Å². The highest BCUT2D eigenvalue weighted by molar-refractivity contribution is 6.41. The second-order valence-corrected chi connectivity index (χ2v) is 3.32. The first kappa shape index (κ1) is 14.1. The van der Waals surface area contributed by atoms with Gasteiger partial charge in [-0.15, -0.1) is 20.6 Å². The van der Waals surface area contributed by atoms with Crippen molar-refractivity contribution in [3.05, 3.63) is 0 Å². The zero-order chi connectivity index (χ0) is 13.4. The van der Waals surface area contributed by atoms with Crippen molar-refractivity contribution in [1.82, 2.24) is 0 Å². The number of oxime groups is 4.